The van der Waals surface area contributed by atoms with E-state index in [1.54, 1.807) is 0 Å². The van der Waals surface area contributed by atoms with Crippen LogP contribution in [0.3, 0.4) is 0 Å². The van der Waals surface area contributed by atoms with Crippen LogP contribution in [0.25, 0.3) is 11.1 Å². The largest absolute Gasteiger partial charge is 0.493 e. The molecule has 2 aromatic carbocycles. The Hall–Kier alpha value is -2.57. The molecule has 5 rings (SSSR count). The molecule has 0 saturated carbocycles. The van der Waals surface area contributed by atoms with Crippen LogP contribution < -0.4 is 14.2 Å². The van der Waals surface area contributed by atoms with Crippen molar-refractivity contribution in [2.75, 3.05) is 59.1 Å². The molecular formula is C30H40N2O4. The molecule has 2 saturated heterocycles. The molecule has 2 fully saturated rings. The van der Waals surface area contributed by atoms with Gasteiger partial charge in [-0.05, 0) is 76.5 Å². The van der Waals surface area contributed by atoms with Gasteiger partial charge in [0.05, 0.1) is 12.2 Å². The lowest BCUT2D eigenvalue weighted by Gasteiger charge is -2.26. The van der Waals surface area contributed by atoms with Crippen LogP contribution in [0.15, 0.2) is 30.3 Å². The molecule has 194 valence electrons. The molecule has 2 heterocycles. The molecule has 0 bridgehead atoms. The summed E-state index contributed by atoms with van der Waals surface area (Å²) in [5, 5.41) is 0. The molecule has 0 N–H and O–H groups in total. The first kappa shape index (κ1) is 25.1. The molecule has 6 nitrogen and oxygen atoms in total. The standard InChI is InChI=1S/C30H40N2O4/c1-2-20-34-25-12-13-26(36-22-19-32-16-7-4-8-17-32)29-28(25)27-23(30(29)33)10-9-11-24(27)35-21-18-31-14-5-3-6-15-31/h9-13H,2-8,14-22H2,1H3. The van der Waals surface area contributed by atoms with E-state index in [9.17, 15) is 4.79 Å². The smallest absolute Gasteiger partial charge is 0.198 e. The molecular weight excluding hydrogens is 452 g/mol. The minimum atomic E-state index is -0.00333. The molecule has 0 unspecified atom stereocenters. The summed E-state index contributed by atoms with van der Waals surface area (Å²) in [4.78, 5) is 18.6. The van der Waals surface area contributed by atoms with Crippen molar-refractivity contribution in [1.82, 2.24) is 9.80 Å². The fourth-order valence-electron chi connectivity index (χ4n) is 5.66. The summed E-state index contributed by atoms with van der Waals surface area (Å²) in [6.45, 7) is 10.2. The van der Waals surface area contributed by atoms with Crippen LogP contribution in [0.5, 0.6) is 17.2 Å². The number of nitrogens with zero attached hydrogens (tertiary/aromatic N) is 2. The summed E-state index contributed by atoms with van der Waals surface area (Å²) in [5.41, 5.74) is 2.97. The van der Waals surface area contributed by atoms with Gasteiger partial charge < -0.3 is 14.2 Å². The Morgan fingerprint density at radius 3 is 1.75 bits per heavy atom. The summed E-state index contributed by atoms with van der Waals surface area (Å²) in [6.07, 6.45) is 8.59. The maximum atomic E-state index is 13.7. The van der Waals surface area contributed by atoms with Gasteiger partial charge in [-0.25, -0.2) is 0 Å². The van der Waals surface area contributed by atoms with Crippen LogP contribution in [0, 0.1) is 0 Å². The van der Waals surface area contributed by atoms with Crippen molar-refractivity contribution in [1.29, 1.82) is 0 Å². The molecule has 3 aliphatic rings. The minimum Gasteiger partial charge on any atom is -0.493 e. The van der Waals surface area contributed by atoms with E-state index in [1.807, 2.05) is 30.3 Å². The first-order valence-corrected chi connectivity index (χ1v) is 13.9. The third kappa shape index (κ3) is 5.55. The SMILES string of the molecule is CCCOc1ccc(OCCN2CCCCC2)c2c1-c1c(OCCN3CCCCC3)cccc1C2=O. The Morgan fingerprint density at radius 1 is 0.639 bits per heavy atom. The lowest BCUT2D eigenvalue weighted by Crippen LogP contribution is -2.33. The lowest BCUT2D eigenvalue weighted by molar-refractivity contribution is 0.103. The van der Waals surface area contributed by atoms with Gasteiger partial charge in [-0.3, -0.25) is 14.6 Å². The number of carbonyl (C=O) groups excluding carboxylic acids is 1. The Labute approximate surface area is 215 Å². The van der Waals surface area contributed by atoms with Gasteiger partial charge in [0.1, 0.15) is 30.5 Å². The summed E-state index contributed by atoms with van der Waals surface area (Å²) >= 11 is 0. The molecule has 0 atom stereocenters. The van der Waals surface area contributed by atoms with Crippen molar-refractivity contribution in [3.63, 3.8) is 0 Å². The highest BCUT2D eigenvalue weighted by Crippen LogP contribution is 2.50. The highest BCUT2D eigenvalue weighted by Gasteiger charge is 2.35. The number of rotatable bonds is 11. The number of hydrogen-bond acceptors (Lipinski definition) is 6. The summed E-state index contributed by atoms with van der Waals surface area (Å²) in [6, 6.07) is 9.65. The molecule has 2 aliphatic heterocycles. The van der Waals surface area contributed by atoms with E-state index in [-0.39, 0.29) is 5.78 Å². The molecule has 2 aromatic rings. The van der Waals surface area contributed by atoms with E-state index in [0.717, 1.165) is 68.3 Å². The number of fused-ring (bicyclic) bond motifs is 3. The number of ether oxygens (including phenoxy) is 3. The monoisotopic (exact) mass is 492 g/mol. The minimum absolute atomic E-state index is 0.00333. The predicted molar refractivity (Wildman–Crippen MR) is 143 cm³/mol. The first-order chi connectivity index (χ1) is 17.8. The van der Waals surface area contributed by atoms with Gasteiger partial charge in [-0.1, -0.05) is 31.9 Å². The van der Waals surface area contributed by atoms with Crippen LogP contribution in [-0.4, -0.2) is 74.7 Å². The Kier molecular flexibility index (Phi) is 8.44. The summed E-state index contributed by atoms with van der Waals surface area (Å²) in [7, 11) is 0. The van der Waals surface area contributed by atoms with E-state index >= 15 is 0 Å². The Balaban J connectivity index is 1.38. The second-order valence-electron chi connectivity index (χ2n) is 10.2. The van der Waals surface area contributed by atoms with Crippen molar-refractivity contribution in [3.8, 4) is 28.4 Å². The number of ketones is 1. The van der Waals surface area contributed by atoms with E-state index in [2.05, 4.69) is 16.7 Å². The molecule has 0 spiro atoms. The molecule has 0 amide bonds. The van der Waals surface area contributed by atoms with Gasteiger partial charge >= 0.3 is 0 Å². The number of benzene rings is 2. The summed E-state index contributed by atoms with van der Waals surface area (Å²) < 4.78 is 18.7. The van der Waals surface area contributed by atoms with E-state index in [0.29, 0.717) is 36.7 Å². The zero-order valence-corrected chi connectivity index (χ0v) is 21.7. The first-order valence-electron chi connectivity index (χ1n) is 13.9. The topological polar surface area (TPSA) is 51.2 Å². The van der Waals surface area contributed by atoms with Gasteiger partial charge in [-0.2, -0.15) is 0 Å². The average Bonchev–Trinajstić information content (AvgIpc) is 3.23. The second-order valence-corrected chi connectivity index (χ2v) is 10.2. The van der Waals surface area contributed by atoms with Crippen LogP contribution >= 0.6 is 0 Å². The number of hydrogen-bond donors (Lipinski definition) is 0. The van der Waals surface area contributed by atoms with Crippen molar-refractivity contribution >= 4 is 5.78 Å². The highest BCUT2D eigenvalue weighted by atomic mass is 16.5. The number of carbonyl (C=O) groups is 1. The fourth-order valence-corrected chi connectivity index (χ4v) is 5.66. The van der Waals surface area contributed by atoms with E-state index in [4.69, 9.17) is 14.2 Å². The normalized spacial score (nSPS) is 18.1. The number of piperidine rings is 2. The quantitative estimate of drug-likeness (QED) is 0.356. The third-order valence-electron chi connectivity index (χ3n) is 7.57. The van der Waals surface area contributed by atoms with Crippen LogP contribution in [0.4, 0.5) is 0 Å². The molecule has 36 heavy (non-hydrogen) atoms. The zero-order chi connectivity index (χ0) is 24.7. The fraction of sp³-hybridized carbons (Fsp3) is 0.567. The van der Waals surface area contributed by atoms with E-state index < -0.39 is 0 Å². The zero-order valence-electron chi connectivity index (χ0n) is 21.7. The van der Waals surface area contributed by atoms with Gasteiger partial charge in [0, 0.05) is 29.8 Å². The van der Waals surface area contributed by atoms with Crippen LogP contribution in [-0.2, 0) is 0 Å². The van der Waals surface area contributed by atoms with Crippen LogP contribution in [0.2, 0.25) is 0 Å². The van der Waals surface area contributed by atoms with Gasteiger partial charge in [0.15, 0.2) is 5.78 Å². The third-order valence-corrected chi connectivity index (χ3v) is 7.57. The predicted octanol–water partition coefficient (Wildman–Crippen LogP) is 5.42. The van der Waals surface area contributed by atoms with Crippen LogP contribution in [0.1, 0.15) is 67.8 Å². The van der Waals surface area contributed by atoms with Crippen molar-refractivity contribution < 1.29 is 19.0 Å². The molecule has 0 aromatic heterocycles. The highest BCUT2D eigenvalue weighted by molar-refractivity contribution is 6.25. The van der Waals surface area contributed by atoms with Gasteiger partial charge in [0.2, 0.25) is 0 Å². The second kappa shape index (κ2) is 12.1. The van der Waals surface area contributed by atoms with Crippen molar-refractivity contribution in [2.24, 2.45) is 0 Å². The van der Waals surface area contributed by atoms with Gasteiger partial charge in [-0.15, -0.1) is 0 Å². The molecule has 6 heteroatoms. The number of likely N-dealkylation sites (tertiary alicyclic amines) is 2. The van der Waals surface area contributed by atoms with Crippen molar-refractivity contribution in [2.45, 2.75) is 51.9 Å². The van der Waals surface area contributed by atoms with Gasteiger partial charge in [0.25, 0.3) is 0 Å². The lowest BCUT2D eigenvalue weighted by atomic mass is 10.0. The maximum Gasteiger partial charge on any atom is 0.198 e. The Morgan fingerprint density at radius 2 is 1.17 bits per heavy atom. The van der Waals surface area contributed by atoms with Crippen molar-refractivity contribution in [3.05, 3.63) is 41.5 Å². The Bertz CT molecular complexity index is 1040. The maximum absolute atomic E-state index is 13.7. The summed E-state index contributed by atoms with van der Waals surface area (Å²) in [5.74, 6) is 2.13. The van der Waals surface area contributed by atoms with E-state index in [1.165, 1.54) is 38.5 Å². The molecule has 1 aliphatic carbocycles. The molecule has 0 radical (unpaired) electrons. The average molecular weight is 493 g/mol.